The quantitative estimate of drug-likeness (QED) is 0.630. The van der Waals surface area contributed by atoms with Crippen LogP contribution in [0.2, 0.25) is 0 Å². The summed E-state index contributed by atoms with van der Waals surface area (Å²) in [5.41, 5.74) is 0.308. The van der Waals surface area contributed by atoms with E-state index in [4.69, 9.17) is 14.6 Å². The highest BCUT2D eigenvalue weighted by Gasteiger charge is 2.18. The maximum atomic E-state index is 10.5. The van der Waals surface area contributed by atoms with Gasteiger partial charge in [0, 0.05) is 6.07 Å². The van der Waals surface area contributed by atoms with Crippen molar-refractivity contribution in [3.8, 4) is 17.2 Å². The number of fused-ring (bicyclic) bond motifs is 1. The van der Waals surface area contributed by atoms with Crippen LogP contribution in [0.1, 0.15) is 10.4 Å². The van der Waals surface area contributed by atoms with Crippen LogP contribution in [0, 0.1) is 0 Å². The van der Waals surface area contributed by atoms with Crippen LogP contribution in [-0.2, 0) is 0 Å². The molecule has 0 spiro atoms. The van der Waals surface area contributed by atoms with Gasteiger partial charge >= 0.3 is 0 Å². The Bertz CT molecular complexity index is 332. The van der Waals surface area contributed by atoms with Gasteiger partial charge in [-0.3, -0.25) is 4.79 Å². The number of hydrogen-bond acceptors (Lipinski definition) is 4. The molecule has 0 atom stereocenters. The van der Waals surface area contributed by atoms with Crippen molar-refractivity contribution in [1.82, 2.24) is 0 Å². The molecule has 4 nitrogen and oxygen atoms in total. The number of carbonyl (C=O) groups excluding carboxylic acids is 1. The van der Waals surface area contributed by atoms with Crippen molar-refractivity contribution in [3.05, 3.63) is 17.7 Å². The molecule has 0 bridgehead atoms. The highest BCUT2D eigenvalue weighted by atomic mass is 16.7. The van der Waals surface area contributed by atoms with E-state index in [2.05, 4.69) is 0 Å². The summed E-state index contributed by atoms with van der Waals surface area (Å²) in [6.45, 7) is 0.0969. The molecule has 1 aromatic carbocycles. The van der Waals surface area contributed by atoms with Gasteiger partial charge in [-0.05, 0) is 6.07 Å². The zero-order chi connectivity index (χ0) is 8.55. The fourth-order valence-corrected chi connectivity index (χ4v) is 1.11. The Hall–Kier alpha value is -1.71. The summed E-state index contributed by atoms with van der Waals surface area (Å²) < 4.78 is 9.99. The maximum absolute atomic E-state index is 10.5. The van der Waals surface area contributed by atoms with E-state index in [-0.39, 0.29) is 12.5 Å². The Morgan fingerprint density at radius 1 is 1.42 bits per heavy atom. The molecule has 0 fully saturated rings. The molecule has 0 saturated carbocycles. The molecule has 1 aliphatic rings. The number of phenolic OH excluding ortho intramolecular Hbond substituents is 1. The molecule has 0 aliphatic carbocycles. The number of aromatic hydroxyl groups is 1. The first-order valence-corrected chi connectivity index (χ1v) is 3.39. The van der Waals surface area contributed by atoms with Crippen LogP contribution >= 0.6 is 0 Å². The van der Waals surface area contributed by atoms with Crippen LogP contribution < -0.4 is 9.47 Å². The van der Waals surface area contributed by atoms with Crippen molar-refractivity contribution >= 4 is 6.29 Å². The normalized spacial score (nSPS) is 13.0. The Morgan fingerprint density at radius 3 is 3.00 bits per heavy atom. The van der Waals surface area contributed by atoms with Crippen molar-refractivity contribution in [3.63, 3.8) is 0 Å². The largest absolute Gasteiger partial charge is 0.508 e. The number of benzene rings is 1. The van der Waals surface area contributed by atoms with Gasteiger partial charge in [-0.2, -0.15) is 0 Å². The van der Waals surface area contributed by atoms with Gasteiger partial charge in [0.25, 0.3) is 0 Å². The standard InChI is InChI=1S/C8H6O4/c9-3-5-1-6(10)2-7-8(5)12-4-11-7/h1-3,10H,4H2. The third-order valence-electron chi connectivity index (χ3n) is 1.61. The molecule has 0 saturated heterocycles. The van der Waals surface area contributed by atoms with Crippen molar-refractivity contribution in [2.24, 2.45) is 0 Å². The minimum absolute atomic E-state index is 0.00125. The second-order valence-electron chi connectivity index (χ2n) is 2.39. The molecule has 12 heavy (non-hydrogen) atoms. The fraction of sp³-hybridized carbons (Fsp3) is 0.125. The van der Waals surface area contributed by atoms with Crippen LogP contribution in [0.3, 0.4) is 0 Å². The first-order chi connectivity index (χ1) is 5.81. The number of aldehydes is 1. The molecule has 1 aromatic rings. The molecule has 0 radical (unpaired) electrons. The highest BCUT2D eigenvalue weighted by molar-refractivity contribution is 5.82. The second-order valence-corrected chi connectivity index (χ2v) is 2.39. The molecule has 0 unspecified atom stereocenters. The molecule has 1 N–H and O–H groups in total. The van der Waals surface area contributed by atoms with Crippen LogP contribution in [0.25, 0.3) is 0 Å². The Morgan fingerprint density at radius 2 is 2.25 bits per heavy atom. The monoisotopic (exact) mass is 166 g/mol. The molecular formula is C8H6O4. The van der Waals surface area contributed by atoms with Crippen LogP contribution in [0.4, 0.5) is 0 Å². The van der Waals surface area contributed by atoms with E-state index in [1.807, 2.05) is 0 Å². The predicted octanol–water partition coefficient (Wildman–Crippen LogP) is 0.933. The van der Waals surface area contributed by atoms with Gasteiger partial charge in [-0.15, -0.1) is 0 Å². The van der Waals surface area contributed by atoms with Gasteiger partial charge in [-0.25, -0.2) is 0 Å². The number of ether oxygens (including phenoxy) is 2. The minimum Gasteiger partial charge on any atom is -0.508 e. The van der Waals surface area contributed by atoms with E-state index >= 15 is 0 Å². The van der Waals surface area contributed by atoms with E-state index in [0.717, 1.165) is 0 Å². The zero-order valence-corrected chi connectivity index (χ0v) is 6.11. The topological polar surface area (TPSA) is 55.8 Å². The number of rotatable bonds is 1. The summed E-state index contributed by atoms with van der Waals surface area (Å²) in [5, 5.41) is 9.11. The van der Waals surface area contributed by atoms with E-state index in [0.29, 0.717) is 23.3 Å². The first-order valence-electron chi connectivity index (χ1n) is 3.39. The van der Waals surface area contributed by atoms with Crippen LogP contribution in [-0.4, -0.2) is 18.2 Å². The molecule has 62 valence electrons. The molecule has 2 rings (SSSR count). The second kappa shape index (κ2) is 2.41. The van der Waals surface area contributed by atoms with Gasteiger partial charge in [0.2, 0.25) is 6.79 Å². The number of hydrogen-bond donors (Lipinski definition) is 1. The van der Waals surface area contributed by atoms with Crippen LogP contribution in [0.15, 0.2) is 12.1 Å². The maximum Gasteiger partial charge on any atom is 0.231 e. The van der Waals surface area contributed by atoms with E-state index in [1.54, 1.807) is 0 Å². The van der Waals surface area contributed by atoms with Gasteiger partial charge in [-0.1, -0.05) is 0 Å². The number of carbonyl (C=O) groups is 1. The van der Waals surface area contributed by atoms with Gasteiger partial charge < -0.3 is 14.6 Å². The summed E-state index contributed by atoms with van der Waals surface area (Å²) in [6, 6.07) is 2.75. The van der Waals surface area contributed by atoms with E-state index < -0.39 is 0 Å². The molecule has 0 amide bonds. The zero-order valence-electron chi connectivity index (χ0n) is 6.11. The average Bonchev–Trinajstić information content (AvgIpc) is 2.50. The van der Waals surface area contributed by atoms with Crippen molar-refractivity contribution in [1.29, 1.82) is 0 Å². The lowest BCUT2D eigenvalue weighted by atomic mass is 10.2. The van der Waals surface area contributed by atoms with Crippen molar-refractivity contribution < 1.29 is 19.4 Å². The van der Waals surface area contributed by atoms with Crippen LogP contribution in [0.5, 0.6) is 17.2 Å². The summed E-state index contributed by atoms with van der Waals surface area (Å²) in [7, 11) is 0. The molecule has 1 aliphatic heterocycles. The van der Waals surface area contributed by atoms with E-state index in [9.17, 15) is 4.79 Å². The Balaban J connectivity index is 2.62. The Kier molecular flexibility index (Phi) is 1.40. The lowest BCUT2D eigenvalue weighted by Crippen LogP contribution is -1.94. The molecule has 4 heteroatoms. The third-order valence-corrected chi connectivity index (χ3v) is 1.61. The highest BCUT2D eigenvalue weighted by Crippen LogP contribution is 2.37. The smallest absolute Gasteiger partial charge is 0.231 e. The third kappa shape index (κ3) is 0.887. The summed E-state index contributed by atoms with van der Waals surface area (Å²) in [6.07, 6.45) is 0.618. The van der Waals surface area contributed by atoms with Gasteiger partial charge in [0.05, 0.1) is 5.56 Å². The van der Waals surface area contributed by atoms with Crippen molar-refractivity contribution in [2.45, 2.75) is 0 Å². The molecule has 0 aromatic heterocycles. The first kappa shape index (κ1) is 6.97. The lowest BCUT2D eigenvalue weighted by Gasteiger charge is -1.99. The SMILES string of the molecule is O=Cc1cc(O)cc2c1OCO2. The lowest BCUT2D eigenvalue weighted by molar-refractivity contribution is 0.111. The molecular weight excluding hydrogens is 160 g/mol. The van der Waals surface area contributed by atoms with Crippen molar-refractivity contribution in [2.75, 3.05) is 6.79 Å². The minimum atomic E-state index is 0.00125. The predicted molar refractivity (Wildman–Crippen MR) is 39.6 cm³/mol. The van der Waals surface area contributed by atoms with Gasteiger partial charge in [0.1, 0.15) is 5.75 Å². The average molecular weight is 166 g/mol. The summed E-state index contributed by atoms with van der Waals surface area (Å²) in [4.78, 5) is 10.5. The summed E-state index contributed by atoms with van der Waals surface area (Å²) in [5.74, 6) is 0.821. The van der Waals surface area contributed by atoms with Gasteiger partial charge in [0.15, 0.2) is 17.8 Å². The van der Waals surface area contributed by atoms with E-state index in [1.165, 1.54) is 12.1 Å². The fourth-order valence-electron chi connectivity index (χ4n) is 1.11. The summed E-state index contributed by atoms with van der Waals surface area (Å²) >= 11 is 0. The molecule has 1 heterocycles. The number of phenols is 1. The Labute approximate surface area is 68.3 Å².